The van der Waals surface area contributed by atoms with Crippen LogP contribution in [0.15, 0.2) is 18.2 Å². The van der Waals surface area contributed by atoms with Crippen molar-refractivity contribution in [2.45, 2.75) is 34.1 Å². The molecule has 0 saturated heterocycles. The summed E-state index contributed by atoms with van der Waals surface area (Å²) in [5.41, 5.74) is 6.10. The maximum atomic E-state index is 9.20. The third-order valence-electron chi connectivity index (χ3n) is 3.30. The first-order valence-corrected chi connectivity index (χ1v) is 6.14. The average Bonchev–Trinajstić information content (AvgIpc) is 2.64. The van der Waals surface area contributed by atoms with E-state index in [0.717, 1.165) is 29.1 Å². The predicted molar refractivity (Wildman–Crippen MR) is 71.9 cm³/mol. The molecular weight excluding hydrogens is 222 g/mol. The molecule has 0 atom stereocenters. The van der Waals surface area contributed by atoms with E-state index < -0.39 is 0 Å². The van der Waals surface area contributed by atoms with E-state index in [4.69, 9.17) is 0 Å². The van der Waals surface area contributed by atoms with Crippen LogP contribution in [-0.4, -0.2) is 9.78 Å². The first-order valence-electron chi connectivity index (χ1n) is 6.14. The summed E-state index contributed by atoms with van der Waals surface area (Å²) >= 11 is 0. The van der Waals surface area contributed by atoms with E-state index in [1.165, 1.54) is 5.56 Å². The summed E-state index contributed by atoms with van der Waals surface area (Å²) in [5, 5.41) is 13.8. The maximum absolute atomic E-state index is 9.20. The van der Waals surface area contributed by atoms with E-state index >= 15 is 0 Å². The Morgan fingerprint density at radius 1 is 1.28 bits per heavy atom. The first kappa shape index (κ1) is 12.4. The zero-order valence-electron chi connectivity index (χ0n) is 11.3. The Morgan fingerprint density at radius 3 is 2.56 bits per heavy atom. The van der Waals surface area contributed by atoms with E-state index in [-0.39, 0.29) is 0 Å². The molecule has 0 unspecified atom stereocenters. The van der Waals surface area contributed by atoms with Crippen LogP contribution >= 0.6 is 0 Å². The van der Waals surface area contributed by atoms with Gasteiger partial charge in [-0.25, -0.2) is 4.68 Å². The van der Waals surface area contributed by atoms with Gasteiger partial charge in [-0.1, -0.05) is 13.0 Å². The minimum atomic E-state index is 0.661. The quantitative estimate of drug-likeness (QED) is 0.807. The molecule has 0 saturated carbocycles. The Morgan fingerprint density at radius 2 is 2.00 bits per heavy atom. The van der Waals surface area contributed by atoms with E-state index in [9.17, 15) is 5.26 Å². The monoisotopic (exact) mass is 239 g/mol. The van der Waals surface area contributed by atoms with Crippen LogP contribution < -0.4 is 0 Å². The van der Waals surface area contributed by atoms with Crippen molar-refractivity contribution in [1.29, 1.82) is 5.26 Å². The molecule has 1 aromatic heterocycles. The van der Waals surface area contributed by atoms with Gasteiger partial charge in [0, 0.05) is 5.69 Å². The standard InChI is InChI=1S/C15H17N3/c1-5-14-11(3)17-18(12(14)4)15-8-10(2)6-7-13(15)9-16/h6-8H,5H2,1-4H3. The molecule has 92 valence electrons. The van der Waals surface area contributed by atoms with Crippen LogP contribution in [0.2, 0.25) is 0 Å². The molecule has 1 heterocycles. The highest BCUT2D eigenvalue weighted by Gasteiger charge is 2.13. The molecule has 0 aliphatic carbocycles. The Kier molecular flexibility index (Phi) is 3.20. The number of hydrogen-bond acceptors (Lipinski definition) is 2. The van der Waals surface area contributed by atoms with Crippen LogP contribution in [0.4, 0.5) is 0 Å². The highest BCUT2D eigenvalue weighted by molar-refractivity contribution is 5.51. The van der Waals surface area contributed by atoms with Crippen molar-refractivity contribution in [2.24, 2.45) is 0 Å². The topological polar surface area (TPSA) is 41.6 Å². The van der Waals surface area contributed by atoms with Crippen molar-refractivity contribution in [2.75, 3.05) is 0 Å². The summed E-state index contributed by atoms with van der Waals surface area (Å²) in [6, 6.07) is 8.05. The van der Waals surface area contributed by atoms with Gasteiger partial charge in [-0.15, -0.1) is 0 Å². The molecule has 0 radical (unpaired) electrons. The molecule has 0 amide bonds. The fourth-order valence-electron chi connectivity index (χ4n) is 2.33. The second kappa shape index (κ2) is 4.66. The minimum Gasteiger partial charge on any atom is -0.236 e. The molecule has 18 heavy (non-hydrogen) atoms. The van der Waals surface area contributed by atoms with Crippen molar-refractivity contribution >= 4 is 0 Å². The number of aromatic nitrogens is 2. The van der Waals surface area contributed by atoms with Gasteiger partial charge in [-0.05, 0) is 50.5 Å². The zero-order valence-corrected chi connectivity index (χ0v) is 11.3. The molecule has 2 aromatic rings. The maximum Gasteiger partial charge on any atom is 0.101 e. The number of hydrogen-bond donors (Lipinski definition) is 0. The summed E-state index contributed by atoms with van der Waals surface area (Å²) in [4.78, 5) is 0. The van der Waals surface area contributed by atoms with Gasteiger partial charge < -0.3 is 0 Å². The largest absolute Gasteiger partial charge is 0.236 e. The van der Waals surface area contributed by atoms with Crippen molar-refractivity contribution in [3.8, 4) is 11.8 Å². The zero-order chi connectivity index (χ0) is 13.3. The smallest absolute Gasteiger partial charge is 0.101 e. The van der Waals surface area contributed by atoms with Gasteiger partial charge in [-0.3, -0.25) is 0 Å². The molecule has 0 aliphatic heterocycles. The SMILES string of the molecule is CCc1c(C)nn(-c2cc(C)ccc2C#N)c1C. The van der Waals surface area contributed by atoms with Gasteiger partial charge in [-0.2, -0.15) is 10.4 Å². The Labute approximate surface area is 108 Å². The summed E-state index contributed by atoms with van der Waals surface area (Å²) in [6.07, 6.45) is 0.964. The van der Waals surface area contributed by atoms with Crippen LogP contribution in [0.25, 0.3) is 5.69 Å². The van der Waals surface area contributed by atoms with E-state index in [1.807, 2.05) is 36.7 Å². The third-order valence-corrected chi connectivity index (χ3v) is 3.30. The minimum absolute atomic E-state index is 0.661. The Hall–Kier alpha value is -2.08. The van der Waals surface area contributed by atoms with Gasteiger partial charge in [0.05, 0.1) is 16.9 Å². The van der Waals surface area contributed by atoms with E-state index in [2.05, 4.69) is 25.0 Å². The van der Waals surface area contributed by atoms with Crippen molar-refractivity contribution < 1.29 is 0 Å². The summed E-state index contributed by atoms with van der Waals surface area (Å²) < 4.78 is 1.89. The van der Waals surface area contributed by atoms with Crippen molar-refractivity contribution in [3.05, 3.63) is 46.3 Å². The van der Waals surface area contributed by atoms with Gasteiger partial charge in [0.15, 0.2) is 0 Å². The normalized spacial score (nSPS) is 10.4. The average molecular weight is 239 g/mol. The summed E-state index contributed by atoms with van der Waals surface area (Å²) in [7, 11) is 0. The lowest BCUT2D eigenvalue weighted by atomic mass is 10.1. The number of nitrogens with zero attached hydrogens (tertiary/aromatic N) is 3. The van der Waals surface area contributed by atoms with E-state index in [0.29, 0.717) is 5.56 Å². The Balaban J connectivity index is 2.70. The molecular formula is C15H17N3. The van der Waals surface area contributed by atoms with Gasteiger partial charge in [0.1, 0.15) is 6.07 Å². The molecule has 0 N–H and O–H groups in total. The summed E-state index contributed by atoms with van der Waals surface area (Å²) in [6.45, 7) is 8.23. The second-order valence-corrected chi connectivity index (χ2v) is 4.55. The van der Waals surface area contributed by atoms with Crippen LogP contribution in [0.1, 0.15) is 35.0 Å². The lowest BCUT2D eigenvalue weighted by molar-refractivity contribution is 0.829. The highest BCUT2D eigenvalue weighted by Crippen LogP contribution is 2.21. The number of benzene rings is 1. The fraction of sp³-hybridized carbons (Fsp3) is 0.333. The lowest BCUT2D eigenvalue weighted by Crippen LogP contribution is -2.02. The van der Waals surface area contributed by atoms with Crippen LogP contribution in [0, 0.1) is 32.1 Å². The van der Waals surface area contributed by atoms with E-state index in [1.54, 1.807) is 0 Å². The molecule has 3 nitrogen and oxygen atoms in total. The number of nitriles is 1. The van der Waals surface area contributed by atoms with Crippen molar-refractivity contribution in [1.82, 2.24) is 9.78 Å². The van der Waals surface area contributed by atoms with Gasteiger partial charge in [0.2, 0.25) is 0 Å². The predicted octanol–water partition coefficient (Wildman–Crippen LogP) is 3.23. The lowest BCUT2D eigenvalue weighted by Gasteiger charge is -2.08. The molecule has 2 rings (SSSR count). The molecule has 0 fully saturated rings. The number of rotatable bonds is 2. The van der Waals surface area contributed by atoms with Gasteiger partial charge in [0.25, 0.3) is 0 Å². The van der Waals surface area contributed by atoms with Crippen LogP contribution in [0.5, 0.6) is 0 Å². The van der Waals surface area contributed by atoms with Gasteiger partial charge >= 0.3 is 0 Å². The second-order valence-electron chi connectivity index (χ2n) is 4.55. The summed E-state index contributed by atoms with van der Waals surface area (Å²) in [5.74, 6) is 0. The molecule has 3 heteroatoms. The first-order chi connectivity index (χ1) is 8.58. The highest BCUT2D eigenvalue weighted by atomic mass is 15.3. The fourth-order valence-corrected chi connectivity index (χ4v) is 2.33. The van der Waals surface area contributed by atoms with Crippen molar-refractivity contribution in [3.63, 3.8) is 0 Å². The molecule has 1 aromatic carbocycles. The molecule has 0 spiro atoms. The van der Waals surface area contributed by atoms with Crippen LogP contribution in [0.3, 0.4) is 0 Å². The molecule has 0 aliphatic rings. The number of aryl methyl sites for hydroxylation is 2. The third kappa shape index (κ3) is 1.91. The molecule has 0 bridgehead atoms. The Bertz CT molecular complexity index is 630. The van der Waals surface area contributed by atoms with Crippen LogP contribution in [-0.2, 0) is 6.42 Å².